The molecule has 2 aliphatic rings. The van der Waals surface area contributed by atoms with Crippen LogP contribution in [0.25, 0.3) is 0 Å². The quantitative estimate of drug-likeness (QED) is 0.767. The highest BCUT2D eigenvalue weighted by Gasteiger charge is 2.18. The molecule has 0 bridgehead atoms. The smallest absolute Gasteiger partial charge is 0.321 e. The average molecular weight is 237 g/mol. The second-order valence-electron chi connectivity index (χ2n) is 5.06. The minimum Gasteiger partial charge on any atom is -0.322 e. The van der Waals surface area contributed by atoms with Crippen LogP contribution in [0.4, 0.5) is 4.79 Å². The van der Waals surface area contributed by atoms with Gasteiger partial charge in [0.25, 0.3) is 0 Å². The Kier molecular flexibility index (Phi) is 4.42. The molecule has 17 heavy (non-hydrogen) atoms. The van der Waals surface area contributed by atoms with Crippen molar-refractivity contribution in [2.75, 3.05) is 26.2 Å². The van der Waals surface area contributed by atoms with E-state index in [0.29, 0.717) is 5.92 Å². The Balaban J connectivity index is 1.79. The molecule has 4 heteroatoms. The van der Waals surface area contributed by atoms with Crippen molar-refractivity contribution in [1.29, 1.82) is 0 Å². The molecule has 0 atom stereocenters. The summed E-state index contributed by atoms with van der Waals surface area (Å²) in [5.74, 6) is 0.693. The van der Waals surface area contributed by atoms with Gasteiger partial charge in [-0.05, 0) is 25.7 Å². The first-order valence-corrected chi connectivity index (χ1v) is 6.70. The highest BCUT2D eigenvalue weighted by molar-refractivity contribution is 5.75. The molecular formula is C13H23N3O. The fourth-order valence-electron chi connectivity index (χ4n) is 2.63. The van der Waals surface area contributed by atoms with E-state index < -0.39 is 0 Å². The Hall–Kier alpha value is -1.03. The summed E-state index contributed by atoms with van der Waals surface area (Å²) in [6.45, 7) is 5.55. The van der Waals surface area contributed by atoms with Gasteiger partial charge in [0.15, 0.2) is 0 Å². The van der Waals surface area contributed by atoms with Crippen LogP contribution in [-0.4, -0.2) is 37.1 Å². The molecule has 1 aliphatic heterocycles. The lowest BCUT2D eigenvalue weighted by Crippen LogP contribution is -2.49. The van der Waals surface area contributed by atoms with Crippen molar-refractivity contribution in [2.24, 2.45) is 5.92 Å². The van der Waals surface area contributed by atoms with Crippen molar-refractivity contribution in [3.8, 4) is 0 Å². The second kappa shape index (κ2) is 6.05. The van der Waals surface area contributed by atoms with Crippen LogP contribution < -0.4 is 10.6 Å². The highest BCUT2D eigenvalue weighted by atomic mass is 16.2. The number of hydrogen-bond donors (Lipinski definition) is 2. The number of hydrogen-bond acceptors (Lipinski definition) is 2. The molecule has 1 heterocycles. The Morgan fingerprint density at radius 3 is 2.59 bits per heavy atom. The van der Waals surface area contributed by atoms with E-state index in [4.69, 9.17) is 0 Å². The van der Waals surface area contributed by atoms with Crippen LogP contribution in [0.2, 0.25) is 0 Å². The molecule has 0 aromatic carbocycles. The topological polar surface area (TPSA) is 44.4 Å². The summed E-state index contributed by atoms with van der Waals surface area (Å²) in [7, 11) is 0. The van der Waals surface area contributed by atoms with E-state index in [1.807, 2.05) is 11.1 Å². The molecule has 96 valence electrons. The number of carbonyl (C=O) groups excluding carboxylic acids is 1. The summed E-state index contributed by atoms with van der Waals surface area (Å²) in [5.41, 5.74) is 1.32. The minimum absolute atomic E-state index is 0.0452. The molecule has 0 radical (unpaired) electrons. The predicted molar refractivity (Wildman–Crippen MR) is 68.7 cm³/mol. The van der Waals surface area contributed by atoms with Crippen molar-refractivity contribution in [1.82, 2.24) is 15.5 Å². The van der Waals surface area contributed by atoms with E-state index in [9.17, 15) is 4.79 Å². The molecular weight excluding hydrogens is 214 g/mol. The first kappa shape index (κ1) is 12.4. The van der Waals surface area contributed by atoms with Gasteiger partial charge in [0, 0.05) is 32.4 Å². The van der Waals surface area contributed by atoms with E-state index in [1.54, 1.807) is 0 Å². The van der Waals surface area contributed by atoms with E-state index in [1.165, 1.54) is 31.3 Å². The number of urea groups is 1. The summed E-state index contributed by atoms with van der Waals surface area (Å²) in [6.07, 6.45) is 7.15. The first-order chi connectivity index (χ1) is 8.27. The van der Waals surface area contributed by atoms with Crippen LogP contribution in [0.5, 0.6) is 0 Å². The van der Waals surface area contributed by atoms with Crippen molar-refractivity contribution in [2.45, 2.75) is 32.6 Å². The number of rotatable bonds is 2. The molecule has 2 N–H and O–H groups in total. The number of nitrogens with zero attached hydrogens (tertiary/aromatic N) is 1. The molecule has 0 aromatic rings. The Morgan fingerprint density at radius 1 is 1.29 bits per heavy atom. The van der Waals surface area contributed by atoms with Gasteiger partial charge in [0.1, 0.15) is 0 Å². The Bertz CT molecular complexity index is 289. The van der Waals surface area contributed by atoms with Crippen LogP contribution in [0.1, 0.15) is 32.6 Å². The maximum absolute atomic E-state index is 11.9. The summed E-state index contributed by atoms with van der Waals surface area (Å²) in [5, 5.41) is 6.17. The SMILES string of the molecule is C/C(=C\NC(=O)N1CCNCC1)C1CCCC1. The van der Waals surface area contributed by atoms with Gasteiger partial charge in [-0.3, -0.25) is 0 Å². The van der Waals surface area contributed by atoms with Gasteiger partial charge in [-0.2, -0.15) is 0 Å². The molecule has 2 amide bonds. The molecule has 0 aromatic heterocycles. The highest BCUT2D eigenvalue weighted by Crippen LogP contribution is 2.30. The van der Waals surface area contributed by atoms with Gasteiger partial charge in [0.2, 0.25) is 0 Å². The maximum atomic E-state index is 11.9. The fourth-order valence-corrected chi connectivity index (χ4v) is 2.63. The van der Waals surface area contributed by atoms with E-state index in [0.717, 1.165) is 26.2 Å². The van der Waals surface area contributed by atoms with Crippen LogP contribution in [0.15, 0.2) is 11.8 Å². The third-order valence-corrected chi connectivity index (χ3v) is 3.83. The van der Waals surface area contributed by atoms with Gasteiger partial charge in [-0.25, -0.2) is 4.79 Å². The van der Waals surface area contributed by atoms with Gasteiger partial charge in [-0.1, -0.05) is 18.4 Å². The Labute approximate surface area is 103 Å². The monoisotopic (exact) mass is 237 g/mol. The lowest BCUT2D eigenvalue weighted by molar-refractivity contribution is 0.194. The molecule has 1 aliphatic carbocycles. The lowest BCUT2D eigenvalue weighted by Gasteiger charge is -2.27. The van der Waals surface area contributed by atoms with Gasteiger partial charge >= 0.3 is 6.03 Å². The summed E-state index contributed by atoms with van der Waals surface area (Å²) in [4.78, 5) is 13.7. The zero-order valence-corrected chi connectivity index (χ0v) is 10.7. The largest absolute Gasteiger partial charge is 0.322 e. The predicted octanol–water partition coefficient (Wildman–Crippen LogP) is 1.70. The second-order valence-corrected chi connectivity index (χ2v) is 5.06. The van der Waals surface area contributed by atoms with Crippen molar-refractivity contribution in [3.05, 3.63) is 11.8 Å². The number of amides is 2. The molecule has 4 nitrogen and oxygen atoms in total. The van der Waals surface area contributed by atoms with Gasteiger partial charge < -0.3 is 15.5 Å². The molecule has 1 saturated heterocycles. The molecule has 1 saturated carbocycles. The summed E-state index contributed by atoms with van der Waals surface area (Å²) < 4.78 is 0. The fraction of sp³-hybridized carbons (Fsp3) is 0.769. The van der Waals surface area contributed by atoms with Crippen molar-refractivity contribution < 1.29 is 4.79 Å². The summed E-state index contributed by atoms with van der Waals surface area (Å²) >= 11 is 0. The van der Waals surface area contributed by atoms with Crippen LogP contribution in [0, 0.1) is 5.92 Å². The zero-order chi connectivity index (χ0) is 12.1. The molecule has 2 fully saturated rings. The molecule has 0 spiro atoms. The number of nitrogens with one attached hydrogen (secondary N) is 2. The van der Waals surface area contributed by atoms with Crippen molar-refractivity contribution in [3.63, 3.8) is 0 Å². The zero-order valence-electron chi connectivity index (χ0n) is 10.7. The number of piperazine rings is 1. The molecule has 0 unspecified atom stereocenters. The van der Waals surface area contributed by atoms with Crippen molar-refractivity contribution >= 4 is 6.03 Å². The van der Waals surface area contributed by atoms with E-state index >= 15 is 0 Å². The number of carbonyl (C=O) groups is 1. The lowest BCUT2D eigenvalue weighted by atomic mass is 10.0. The minimum atomic E-state index is 0.0452. The van der Waals surface area contributed by atoms with Gasteiger partial charge in [-0.15, -0.1) is 0 Å². The first-order valence-electron chi connectivity index (χ1n) is 6.70. The third-order valence-electron chi connectivity index (χ3n) is 3.83. The maximum Gasteiger partial charge on any atom is 0.321 e. The van der Waals surface area contributed by atoms with E-state index in [-0.39, 0.29) is 6.03 Å². The van der Waals surface area contributed by atoms with E-state index in [2.05, 4.69) is 17.6 Å². The average Bonchev–Trinajstić information content (AvgIpc) is 2.90. The summed E-state index contributed by atoms with van der Waals surface area (Å²) in [6, 6.07) is 0.0452. The standard InChI is InChI=1S/C13H23N3O/c1-11(12-4-2-3-5-12)10-15-13(17)16-8-6-14-7-9-16/h10,12,14H,2-9H2,1H3,(H,15,17)/b11-10+. The van der Waals surface area contributed by atoms with Crippen LogP contribution in [0.3, 0.4) is 0 Å². The third kappa shape index (κ3) is 3.46. The molecule has 2 rings (SSSR count). The normalized spacial score (nSPS) is 22.9. The van der Waals surface area contributed by atoms with Gasteiger partial charge in [0.05, 0.1) is 0 Å². The van der Waals surface area contributed by atoms with Crippen LogP contribution >= 0.6 is 0 Å². The number of allylic oxidation sites excluding steroid dienone is 1. The van der Waals surface area contributed by atoms with Crippen LogP contribution in [-0.2, 0) is 0 Å². The Morgan fingerprint density at radius 2 is 1.94 bits per heavy atom.